The van der Waals surface area contributed by atoms with Crippen LogP contribution in [0.15, 0.2) is 5.38 Å². The van der Waals surface area contributed by atoms with Gasteiger partial charge in [-0.2, -0.15) is 0 Å². The quantitative estimate of drug-likeness (QED) is 0.751. The second-order valence-electron chi connectivity index (χ2n) is 3.84. The van der Waals surface area contributed by atoms with Crippen LogP contribution in [-0.2, 0) is 0 Å². The number of thiazole rings is 1. The molecule has 0 spiro atoms. The molecule has 2 atom stereocenters. The third-order valence-electron chi connectivity index (χ3n) is 2.34. The van der Waals surface area contributed by atoms with Gasteiger partial charge in [0.1, 0.15) is 0 Å². The van der Waals surface area contributed by atoms with Crippen molar-refractivity contribution in [2.45, 2.75) is 26.8 Å². The Labute approximate surface area is 98.9 Å². The van der Waals surface area contributed by atoms with Crippen LogP contribution in [0.1, 0.15) is 19.5 Å². The Balaban J connectivity index is 2.42. The number of carbonyl (C=O) groups excluding carboxylic acids is 1. The Morgan fingerprint density at radius 2 is 2.31 bits per heavy atom. The zero-order valence-corrected chi connectivity index (χ0v) is 10.5. The summed E-state index contributed by atoms with van der Waals surface area (Å²) in [4.78, 5) is 15.6. The molecule has 1 heterocycles. The maximum atomic E-state index is 11.5. The van der Waals surface area contributed by atoms with E-state index in [0.717, 1.165) is 5.69 Å². The summed E-state index contributed by atoms with van der Waals surface area (Å²) in [5.41, 5.74) is 0.886. The number of urea groups is 1. The fourth-order valence-corrected chi connectivity index (χ4v) is 1.73. The second-order valence-corrected chi connectivity index (χ2v) is 4.70. The van der Waals surface area contributed by atoms with Crippen molar-refractivity contribution in [2.24, 2.45) is 5.92 Å². The molecule has 0 aliphatic heterocycles. The third-order valence-corrected chi connectivity index (χ3v) is 3.22. The molecular weight excluding hydrogens is 226 g/mol. The molecule has 0 aliphatic rings. The highest BCUT2D eigenvalue weighted by Crippen LogP contribution is 2.14. The summed E-state index contributed by atoms with van der Waals surface area (Å²) in [6.45, 7) is 5.65. The van der Waals surface area contributed by atoms with Gasteiger partial charge in [0.15, 0.2) is 5.13 Å². The fourth-order valence-electron chi connectivity index (χ4n) is 1.05. The summed E-state index contributed by atoms with van der Waals surface area (Å²) >= 11 is 1.39. The number of anilines is 1. The van der Waals surface area contributed by atoms with Gasteiger partial charge in [0, 0.05) is 18.0 Å². The highest BCUT2D eigenvalue weighted by molar-refractivity contribution is 7.13. The Morgan fingerprint density at radius 3 is 2.81 bits per heavy atom. The molecule has 0 saturated carbocycles. The van der Waals surface area contributed by atoms with E-state index in [1.165, 1.54) is 11.3 Å². The molecule has 0 fully saturated rings. The van der Waals surface area contributed by atoms with E-state index in [-0.39, 0.29) is 24.6 Å². The summed E-state index contributed by atoms with van der Waals surface area (Å²) < 4.78 is 0. The maximum absolute atomic E-state index is 11.5. The Morgan fingerprint density at radius 1 is 1.62 bits per heavy atom. The minimum absolute atomic E-state index is 0.0313. The van der Waals surface area contributed by atoms with Gasteiger partial charge in [-0.15, -0.1) is 11.3 Å². The number of aryl methyl sites for hydroxylation is 1. The minimum Gasteiger partial charge on any atom is -0.396 e. The highest BCUT2D eigenvalue weighted by atomic mass is 32.1. The van der Waals surface area contributed by atoms with E-state index in [2.05, 4.69) is 15.6 Å². The van der Waals surface area contributed by atoms with Gasteiger partial charge in [0.25, 0.3) is 0 Å². The van der Waals surface area contributed by atoms with Crippen LogP contribution in [0, 0.1) is 12.8 Å². The topological polar surface area (TPSA) is 74.2 Å². The van der Waals surface area contributed by atoms with E-state index in [4.69, 9.17) is 5.11 Å². The molecule has 0 aliphatic carbocycles. The number of aliphatic hydroxyl groups is 1. The number of nitrogens with one attached hydrogen (secondary N) is 2. The molecule has 1 rings (SSSR count). The fraction of sp³-hybridized carbons (Fsp3) is 0.600. The molecule has 2 unspecified atom stereocenters. The lowest BCUT2D eigenvalue weighted by atomic mass is 10.1. The first-order valence-electron chi connectivity index (χ1n) is 5.13. The van der Waals surface area contributed by atoms with E-state index in [1.54, 1.807) is 0 Å². The monoisotopic (exact) mass is 243 g/mol. The van der Waals surface area contributed by atoms with Crippen molar-refractivity contribution in [3.05, 3.63) is 11.1 Å². The molecule has 0 aromatic carbocycles. The molecule has 2 amide bonds. The first kappa shape index (κ1) is 12.9. The average Bonchev–Trinajstić information content (AvgIpc) is 2.62. The number of carbonyl (C=O) groups is 1. The largest absolute Gasteiger partial charge is 0.396 e. The number of nitrogens with zero attached hydrogens (tertiary/aromatic N) is 1. The average molecular weight is 243 g/mol. The van der Waals surface area contributed by atoms with Gasteiger partial charge in [0.05, 0.1) is 5.69 Å². The standard InChI is InChI=1S/C10H17N3O2S/c1-6(4-14)8(3)12-9(15)13-10-11-7(2)5-16-10/h5-6,8,14H,4H2,1-3H3,(H2,11,12,13,15). The molecule has 1 aromatic rings. The van der Waals surface area contributed by atoms with Crippen LogP contribution in [0.25, 0.3) is 0 Å². The number of aromatic nitrogens is 1. The zero-order valence-electron chi connectivity index (χ0n) is 9.65. The molecule has 1 aromatic heterocycles. The van der Waals surface area contributed by atoms with Crippen LogP contribution in [0.5, 0.6) is 0 Å². The molecule has 0 saturated heterocycles. The lowest BCUT2D eigenvalue weighted by Gasteiger charge is -2.18. The van der Waals surface area contributed by atoms with Gasteiger partial charge >= 0.3 is 6.03 Å². The summed E-state index contributed by atoms with van der Waals surface area (Å²) in [6.07, 6.45) is 0. The molecule has 5 nitrogen and oxygen atoms in total. The van der Waals surface area contributed by atoms with Gasteiger partial charge in [0.2, 0.25) is 0 Å². The molecule has 90 valence electrons. The van der Waals surface area contributed by atoms with Crippen molar-refractivity contribution >= 4 is 22.5 Å². The van der Waals surface area contributed by atoms with E-state index >= 15 is 0 Å². The molecule has 0 radical (unpaired) electrons. The van der Waals surface area contributed by atoms with Crippen LogP contribution in [0.2, 0.25) is 0 Å². The van der Waals surface area contributed by atoms with E-state index in [9.17, 15) is 4.79 Å². The molecule has 6 heteroatoms. The molecule has 3 N–H and O–H groups in total. The van der Waals surface area contributed by atoms with Crippen LogP contribution >= 0.6 is 11.3 Å². The Hall–Kier alpha value is -1.14. The number of rotatable bonds is 4. The smallest absolute Gasteiger partial charge is 0.321 e. The predicted octanol–water partition coefficient (Wildman–Crippen LogP) is 1.59. The van der Waals surface area contributed by atoms with Crippen molar-refractivity contribution < 1.29 is 9.90 Å². The maximum Gasteiger partial charge on any atom is 0.321 e. The minimum atomic E-state index is -0.290. The normalized spacial score (nSPS) is 14.2. The highest BCUT2D eigenvalue weighted by Gasteiger charge is 2.14. The third kappa shape index (κ3) is 3.79. The van der Waals surface area contributed by atoms with E-state index in [1.807, 2.05) is 26.2 Å². The summed E-state index contributed by atoms with van der Waals surface area (Å²) in [5.74, 6) is 0.0313. The Kier molecular flexibility index (Phi) is 4.70. The first-order chi connectivity index (χ1) is 7.52. The van der Waals surface area contributed by atoms with E-state index in [0.29, 0.717) is 5.13 Å². The van der Waals surface area contributed by atoms with Gasteiger partial charge < -0.3 is 10.4 Å². The van der Waals surface area contributed by atoms with Crippen LogP contribution in [0.4, 0.5) is 9.93 Å². The Bertz CT molecular complexity index is 354. The lowest BCUT2D eigenvalue weighted by molar-refractivity contribution is 0.204. The number of hydrogen-bond acceptors (Lipinski definition) is 4. The molecular formula is C10H17N3O2S. The summed E-state index contributed by atoms with van der Waals surface area (Å²) in [7, 11) is 0. The van der Waals surface area contributed by atoms with Gasteiger partial charge in [-0.1, -0.05) is 6.92 Å². The van der Waals surface area contributed by atoms with Crippen molar-refractivity contribution in [2.75, 3.05) is 11.9 Å². The van der Waals surface area contributed by atoms with Crippen LogP contribution < -0.4 is 10.6 Å². The zero-order chi connectivity index (χ0) is 12.1. The van der Waals surface area contributed by atoms with Crippen LogP contribution in [-0.4, -0.2) is 28.8 Å². The first-order valence-corrected chi connectivity index (χ1v) is 6.01. The molecule has 0 bridgehead atoms. The van der Waals surface area contributed by atoms with Crippen LogP contribution in [0.3, 0.4) is 0 Å². The van der Waals surface area contributed by atoms with Crippen molar-refractivity contribution in [1.29, 1.82) is 0 Å². The lowest BCUT2D eigenvalue weighted by Crippen LogP contribution is -2.40. The van der Waals surface area contributed by atoms with E-state index < -0.39 is 0 Å². The van der Waals surface area contributed by atoms with Gasteiger partial charge in [-0.05, 0) is 19.8 Å². The van der Waals surface area contributed by atoms with Gasteiger partial charge in [-0.25, -0.2) is 9.78 Å². The van der Waals surface area contributed by atoms with Crippen molar-refractivity contribution in [3.8, 4) is 0 Å². The van der Waals surface area contributed by atoms with Crippen molar-refractivity contribution in [3.63, 3.8) is 0 Å². The summed E-state index contributed by atoms with van der Waals surface area (Å²) in [6, 6.07) is -0.367. The number of aliphatic hydroxyl groups excluding tert-OH is 1. The second kappa shape index (κ2) is 5.81. The number of amides is 2. The predicted molar refractivity (Wildman–Crippen MR) is 64.7 cm³/mol. The molecule has 16 heavy (non-hydrogen) atoms. The number of hydrogen-bond donors (Lipinski definition) is 3. The van der Waals surface area contributed by atoms with Crippen molar-refractivity contribution in [1.82, 2.24) is 10.3 Å². The SMILES string of the molecule is Cc1csc(NC(=O)NC(C)C(C)CO)n1. The van der Waals surface area contributed by atoms with Gasteiger partial charge in [-0.3, -0.25) is 5.32 Å². The summed E-state index contributed by atoms with van der Waals surface area (Å²) in [5, 5.41) is 16.8.